The van der Waals surface area contributed by atoms with Crippen LogP contribution in [-0.4, -0.2) is 63.3 Å². The van der Waals surface area contributed by atoms with Crippen LogP contribution in [-0.2, 0) is 15.3 Å². The number of amides is 2. The first kappa shape index (κ1) is 16.7. The molecule has 0 bridgehead atoms. The third-order valence-electron chi connectivity index (χ3n) is 3.63. The summed E-state index contributed by atoms with van der Waals surface area (Å²) in [5.41, 5.74) is 0. The van der Waals surface area contributed by atoms with E-state index < -0.39 is 0 Å². The Balaban J connectivity index is 1.71. The van der Waals surface area contributed by atoms with Crippen LogP contribution in [0.5, 0.6) is 0 Å². The van der Waals surface area contributed by atoms with Crippen molar-refractivity contribution in [3.8, 4) is 0 Å². The lowest BCUT2D eigenvalue weighted by Crippen LogP contribution is -2.37. The van der Waals surface area contributed by atoms with Gasteiger partial charge in [0.15, 0.2) is 5.82 Å². The number of nitrogens with one attached hydrogen (secondary N) is 1. The molecule has 0 radical (unpaired) electrons. The molecule has 0 atom stereocenters. The summed E-state index contributed by atoms with van der Waals surface area (Å²) in [7, 11) is 3.32. The van der Waals surface area contributed by atoms with Crippen LogP contribution in [0.3, 0.4) is 0 Å². The molecule has 2 amide bonds. The van der Waals surface area contributed by atoms with E-state index >= 15 is 0 Å². The van der Waals surface area contributed by atoms with Gasteiger partial charge in [0.1, 0.15) is 0 Å². The Hall–Kier alpha value is -1.64. The summed E-state index contributed by atoms with van der Waals surface area (Å²) in [6.45, 7) is 0.0339. The quantitative estimate of drug-likeness (QED) is 0.771. The molecule has 1 aliphatic rings. The summed E-state index contributed by atoms with van der Waals surface area (Å²) in [6, 6.07) is 0.400. The Labute approximate surface area is 134 Å². The van der Waals surface area contributed by atoms with Crippen molar-refractivity contribution in [1.82, 2.24) is 30.4 Å². The van der Waals surface area contributed by atoms with Gasteiger partial charge < -0.3 is 10.2 Å². The first-order chi connectivity index (χ1) is 10.6. The van der Waals surface area contributed by atoms with Crippen LogP contribution in [0.15, 0.2) is 0 Å². The van der Waals surface area contributed by atoms with E-state index in [-0.39, 0.29) is 24.1 Å². The van der Waals surface area contributed by atoms with Crippen molar-refractivity contribution < 1.29 is 9.59 Å². The van der Waals surface area contributed by atoms with E-state index in [1.54, 1.807) is 14.1 Å². The Kier molecular flexibility index (Phi) is 6.17. The second-order valence-corrected chi connectivity index (χ2v) is 6.52. The largest absolute Gasteiger partial charge is 0.347 e. The molecular formula is C13H22N6O2S. The molecule has 22 heavy (non-hydrogen) atoms. The number of carbonyl (C=O) groups excluding carboxylic acids is 2. The average molecular weight is 326 g/mol. The molecule has 0 aliphatic heterocycles. The molecule has 1 heterocycles. The van der Waals surface area contributed by atoms with E-state index in [9.17, 15) is 9.59 Å². The van der Waals surface area contributed by atoms with Gasteiger partial charge in [-0.25, -0.2) is 4.68 Å². The van der Waals surface area contributed by atoms with E-state index in [0.717, 1.165) is 18.7 Å². The lowest BCUT2D eigenvalue weighted by molar-refractivity contribution is -0.130. The molecule has 0 spiro atoms. The lowest BCUT2D eigenvalue weighted by atomic mass is 10.2. The van der Waals surface area contributed by atoms with Crippen LogP contribution in [0.4, 0.5) is 0 Å². The first-order valence-corrected chi connectivity index (χ1v) is 8.54. The predicted octanol–water partition coefficient (Wildman–Crippen LogP) is 0.226. The smallest absolute Gasteiger partial charge is 0.241 e. The van der Waals surface area contributed by atoms with Crippen LogP contribution in [0.2, 0.25) is 0 Å². The summed E-state index contributed by atoms with van der Waals surface area (Å²) < 4.78 is 1.90. The van der Waals surface area contributed by atoms with Gasteiger partial charge in [-0.1, -0.05) is 12.8 Å². The summed E-state index contributed by atoms with van der Waals surface area (Å²) in [5.74, 6) is 1.43. The molecule has 0 aromatic carbocycles. The third kappa shape index (κ3) is 4.69. The number of aromatic nitrogens is 4. The molecule has 8 nitrogen and oxygen atoms in total. The molecule has 0 unspecified atom stereocenters. The second-order valence-electron chi connectivity index (χ2n) is 5.54. The molecule has 122 valence electrons. The molecule has 9 heteroatoms. The van der Waals surface area contributed by atoms with Crippen molar-refractivity contribution in [1.29, 1.82) is 0 Å². The molecular weight excluding hydrogens is 304 g/mol. The number of nitrogens with zero attached hydrogens (tertiary/aromatic N) is 5. The number of likely N-dealkylation sites (N-methyl/N-ethyl adjacent to an activating group) is 1. The molecule has 1 saturated carbocycles. The molecule has 2 rings (SSSR count). The topological polar surface area (TPSA) is 93.0 Å². The number of thioether (sulfide) groups is 1. The highest BCUT2D eigenvalue weighted by Crippen LogP contribution is 2.29. The fraction of sp³-hybridized carbons (Fsp3) is 0.769. The van der Waals surface area contributed by atoms with Crippen molar-refractivity contribution in [2.75, 3.05) is 26.4 Å². The maximum Gasteiger partial charge on any atom is 0.241 e. The normalized spacial score (nSPS) is 15.0. The van der Waals surface area contributed by atoms with Crippen LogP contribution < -0.4 is 5.32 Å². The second kappa shape index (κ2) is 8.11. The Morgan fingerprint density at radius 3 is 2.77 bits per heavy atom. The number of hydrogen-bond acceptors (Lipinski definition) is 6. The highest BCUT2D eigenvalue weighted by molar-refractivity contribution is 7.99. The van der Waals surface area contributed by atoms with Gasteiger partial charge in [0.2, 0.25) is 11.8 Å². The van der Waals surface area contributed by atoms with E-state index in [1.807, 2.05) is 4.68 Å². The zero-order chi connectivity index (χ0) is 15.9. The van der Waals surface area contributed by atoms with Gasteiger partial charge in [-0.15, -0.1) is 16.9 Å². The Morgan fingerprint density at radius 1 is 1.36 bits per heavy atom. The Morgan fingerprint density at radius 2 is 2.09 bits per heavy atom. The minimum atomic E-state index is -0.153. The van der Waals surface area contributed by atoms with Crippen molar-refractivity contribution in [3.05, 3.63) is 5.82 Å². The SMILES string of the molecule is CN(C)C(=O)CNC(=O)CSCc1nnnn1C1CCCC1. The Bertz CT molecular complexity index is 512. The molecule has 1 fully saturated rings. The summed E-state index contributed by atoms with van der Waals surface area (Å²) in [4.78, 5) is 24.5. The zero-order valence-corrected chi connectivity index (χ0v) is 13.8. The maximum atomic E-state index is 11.7. The van der Waals surface area contributed by atoms with Gasteiger partial charge in [0, 0.05) is 14.1 Å². The lowest BCUT2D eigenvalue weighted by Gasteiger charge is -2.12. The van der Waals surface area contributed by atoms with Crippen LogP contribution in [0.25, 0.3) is 0 Å². The van der Waals surface area contributed by atoms with Crippen molar-refractivity contribution in [2.45, 2.75) is 37.5 Å². The minimum Gasteiger partial charge on any atom is -0.347 e. The fourth-order valence-electron chi connectivity index (χ4n) is 2.36. The standard InChI is InChI=1S/C13H22N6O2S/c1-18(2)13(21)7-14-12(20)9-22-8-11-15-16-17-19(11)10-5-3-4-6-10/h10H,3-9H2,1-2H3,(H,14,20). The van der Waals surface area contributed by atoms with Gasteiger partial charge in [0.25, 0.3) is 0 Å². The van der Waals surface area contributed by atoms with Crippen LogP contribution in [0, 0.1) is 0 Å². The van der Waals surface area contributed by atoms with E-state index in [2.05, 4.69) is 20.8 Å². The monoisotopic (exact) mass is 326 g/mol. The van der Waals surface area contributed by atoms with Gasteiger partial charge in [-0.3, -0.25) is 9.59 Å². The molecule has 1 aromatic rings. The van der Waals surface area contributed by atoms with Crippen LogP contribution >= 0.6 is 11.8 Å². The predicted molar refractivity (Wildman–Crippen MR) is 83.2 cm³/mol. The summed E-state index contributed by atoms with van der Waals surface area (Å²) in [6.07, 6.45) is 4.69. The first-order valence-electron chi connectivity index (χ1n) is 7.39. The fourth-order valence-corrected chi connectivity index (χ4v) is 3.12. The highest BCUT2D eigenvalue weighted by atomic mass is 32.2. The number of carbonyl (C=O) groups is 2. The van der Waals surface area contributed by atoms with E-state index in [4.69, 9.17) is 0 Å². The molecule has 1 N–H and O–H groups in total. The van der Waals surface area contributed by atoms with Gasteiger partial charge >= 0.3 is 0 Å². The van der Waals surface area contributed by atoms with Crippen molar-refractivity contribution in [2.24, 2.45) is 0 Å². The van der Waals surface area contributed by atoms with Crippen molar-refractivity contribution >= 4 is 23.6 Å². The van der Waals surface area contributed by atoms with Gasteiger partial charge in [-0.2, -0.15) is 0 Å². The average Bonchev–Trinajstić information content (AvgIpc) is 3.14. The highest BCUT2D eigenvalue weighted by Gasteiger charge is 2.21. The number of hydrogen-bond donors (Lipinski definition) is 1. The summed E-state index contributed by atoms with van der Waals surface area (Å²) in [5, 5.41) is 14.5. The molecule has 1 aliphatic carbocycles. The van der Waals surface area contributed by atoms with E-state index in [1.165, 1.54) is 29.5 Å². The number of rotatable bonds is 7. The summed E-state index contributed by atoms with van der Waals surface area (Å²) >= 11 is 1.45. The third-order valence-corrected chi connectivity index (χ3v) is 4.56. The van der Waals surface area contributed by atoms with Crippen LogP contribution in [0.1, 0.15) is 37.5 Å². The molecule has 0 saturated heterocycles. The zero-order valence-electron chi connectivity index (χ0n) is 13.0. The van der Waals surface area contributed by atoms with E-state index in [0.29, 0.717) is 11.8 Å². The molecule has 1 aromatic heterocycles. The van der Waals surface area contributed by atoms with Gasteiger partial charge in [-0.05, 0) is 23.3 Å². The number of tetrazole rings is 1. The maximum absolute atomic E-state index is 11.7. The van der Waals surface area contributed by atoms with Gasteiger partial charge in [0.05, 0.1) is 24.1 Å². The van der Waals surface area contributed by atoms with Crippen molar-refractivity contribution in [3.63, 3.8) is 0 Å². The minimum absolute atomic E-state index is 0.0339.